The Labute approximate surface area is 121 Å². The molecule has 0 spiro atoms. The van der Waals surface area contributed by atoms with Crippen molar-refractivity contribution in [3.8, 4) is 11.4 Å². The average Bonchev–Trinajstić information content (AvgIpc) is 3.10. The first kappa shape index (κ1) is 12.8. The van der Waals surface area contributed by atoms with E-state index in [-0.39, 0.29) is 6.04 Å². The highest BCUT2D eigenvalue weighted by Gasteiger charge is 2.09. The molecule has 0 bridgehead atoms. The molecule has 2 heterocycles. The van der Waals surface area contributed by atoms with Crippen LogP contribution < -0.4 is 5.32 Å². The van der Waals surface area contributed by atoms with Crippen molar-refractivity contribution in [1.82, 2.24) is 20.6 Å². The molecule has 6 heteroatoms. The van der Waals surface area contributed by atoms with Gasteiger partial charge in [-0.15, -0.1) is 21.5 Å². The van der Waals surface area contributed by atoms with E-state index in [9.17, 15) is 0 Å². The Bertz CT molecular complexity index is 689. The predicted molar refractivity (Wildman–Crippen MR) is 80.7 cm³/mol. The van der Waals surface area contributed by atoms with Crippen LogP contribution >= 0.6 is 11.3 Å². The number of hydrogen-bond donors (Lipinski definition) is 2. The summed E-state index contributed by atoms with van der Waals surface area (Å²) in [6, 6.07) is 12.6. The molecule has 0 amide bonds. The first-order valence-corrected chi connectivity index (χ1v) is 7.21. The highest BCUT2D eigenvalue weighted by molar-refractivity contribution is 7.12. The van der Waals surface area contributed by atoms with Crippen molar-refractivity contribution in [2.24, 2.45) is 0 Å². The second-order valence-electron chi connectivity index (χ2n) is 4.63. The van der Waals surface area contributed by atoms with Gasteiger partial charge in [0.1, 0.15) is 0 Å². The van der Waals surface area contributed by atoms with Crippen LogP contribution in [0, 0.1) is 6.92 Å². The van der Waals surface area contributed by atoms with E-state index in [4.69, 9.17) is 0 Å². The third-order valence-electron chi connectivity index (χ3n) is 3.04. The molecule has 0 saturated heterocycles. The zero-order chi connectivity index (χ0) is 13.9. The molecule has 0 saturated carbocycles. The molecule has 1 atom stereocenters. The standard InChI is InChI=1S/C14H15N5S/c1-9-6-7-13(20-9)10(2)15-12-5-3-4-11(8-12)14-16-18-19-17-14/h3-8,10,15H,1-2H3,(H,16,17,18,19). The summed E-state index contributed by atoms with van der Waals surface area (Å²) in [5, 5.41) is 17.5. The summed E-state index contributed by atoms with van der Waals surface area (Å²) in [6.45, 7) is 4.28. The maximum Gasteiger partial charge on any atom is 0.204 e. The fourth-order valence-electron chi connectivity index (χ4n) is 2.04. The number of thiophene rings is 1. The zero-order valence-corrected chi connectivity index (χ0v) is 12.1. The number of aryl methyl sites for hydroxylation is 1. The van der Waals surface area contributed by atoms with Crippen LogP contribution in [0.5, 0.6) is 0 Å². The second-order valence-corrected chi connectivity index (χ2v) is 5.95. The molecule has 0 radical (unpaired) electrons. The number of benzene rings is 1. The van der Waals surface area contributed by atoms with Gasteiger partial charge in [-0.05, 0) is 43.3 Å². The minimum Gasteiger partial charge on any atom is -0.378 e. The van der Waals surface area contributed by atoms with Crippen molar-refractivity contribution in [2.45, 2.75) is 19.9 Å². The van der Waals surface area contributed by atoms with Gasteiger partial charge >= 0.3 is 0 Å². The summed E-state index contributed by atoms with van der Waals surface area (Å²) in [5.74, 6) is 0.605. The summed E-state index contributed by atoms with van der Waals surface area (Å²) < 4.78 is 0. The molecule has 0 fully saturated rings. The first-order chi connectivity index (χ1) is 9.72. The topological polar surface area (TPSA) is 66.5 Å². The number of nitrogens with one attached hydrogen (secondary N) is 2. The number of aromatic amines is 1. The van der Waals surface area contributed by atoms with Crippen molar-refractivity contribution < 1.29 is 0 Å². The minimum atomic E-state index is 0.272. The molecule has 0 aliphatic heterocycles. The van der Waals surface area contributed by atoms with Crippen LogP contribution in [-0.2, 0) is 0 Å². The molecule has 102 valence electrons. The summed E-state index contributed by atoms with van der Waals surface area (Å²) >= 11 is 1.81. The fraction of sp³-hybridized carbons (Fsp3) is 0.214. The Morgan fingerprint density at radius 1 is 1.25 bits per heavy atom. The average molecular weight is 285 g/mol. The van der Waals surface area contributed by atoms with E-state index in [2.05, 4.69) is 51.9 Å². The molecule has 1 aromatic carbocycles. The lowest BCUT2D eigenvalue weighted by atomic mass is 10.1. The van der Waals surface area contributed by atoms with E-state index >= 15 is 0 Å². The molecule has 20 heavy (non-hydrogen) atoms. The molecule has 5 nitrogen and oxygen atoms in total. The molecule has 3 aromatic rings. The largest absolute Gasteiger partial charge is 0.378 e. The van der Waals surface area contributed by atoms with Gasteiger partial charge < -0.3 is 5.32 Å². The van der Waals surface area contributed by atoms with Crippen molar-refractivity contribution in [2.75, 3.05) is 5.32 Å². The van der Waals surface area contributed by atoms with E-state index in [1.807, 2.05) is 35.6 Å². The molecule has 1 unspecified atom stereocenters. The molecule has 3 rings (SSSR count). The van der Waals surface area contributed by atoms with E-state index in [1.54, 1.807) is 0 Å². The van der Waals surface area contributed by atoms with Crippen molar-refractivity contribution in [3.05, 3.63) is 46.2 Å². The molecular weight excluding hydrogens is 270 g/mol. The molecule has 0 aliphatic carbocycles. The van der Waals surface area contributed by atoms with Gasteiger partial charge in [0.05, 0.1) is 6.04 Å². The molecule has 2 N–H and O–H groups in total. The summed E-state index contributed by atoms with van der Waals surface area (Å²) in [4.78, 5) is 2.65. The van der Waals surface area contributed by atoms with E-state index in [1.165, 1.54) is 9.75 Å². The smallest absolute Gasteiger partial charge is 0.204 e. The monoisotopic (exact) mass is 285 g/mol. The third-order valence-corrected chi connectivity index (χ3v) is 4.22. The predicted octanol–water partition coefficient (Wildman–Crippen LogP) is 3.41. The van der Waals surface area contributed by atoms with Crippen LogP contribution in [0.25, 0.3) is 11.4 Å². The van der Waals surface area contributed by atoms with Crippen LogP contribution in [0.15, 0.2) is 36.4 Å². The van der Waals surface area contributed by atoms with Crippen molar-refractivity contribution in [3.63, 3.8) is 0 Å². The Morgan fingerprint density at radius 3 is 2.85 bits per heavy atom. The van der Waals surface area contributed by atoms with E-state index in [0.29, 0.717) is 5.82 Å². The number of nitrogens with zero attached hydrogens (tertiary/aromatic N) is 3. The van der Waals surface area contributed by atoms with Gasteiger partial charge in [0.25, 0.3) is 0 Å². The van der Waals surface area contributed by atoms with Crippen molar-refractivity contribution in [1.29, 1.82) is 0 Å². The number of tetrazole rings is 1. The minimum absolute atomic E-state index is 0.272. The second kappa shape index (κ2) is 5.42. The highest BCUT2D eigenvalue weighted by Crippen LogP contribution is 2.27. The summed E-state index contributed by atoms with van der Waals surface area (Å²) in [6.07, 6.45) is 0. The quantitative estimate of drug-likeness (QED) is 0.771. The fourth-order valence-corrected chi connectivity index (χ4v) is 2.92. The normalized spacial score (nSPS) is 12.3. The molecular formula is C14H15N5S. The van der Waals surface area contributed by atoms with Crippen LogP contribution in [0.2, 0.25) is 0 Å². The van der Waals surface area contributed by atoms with E-state index in [0.717, 1.165) is 11.3 Å². The van der Waals surface area contributed by atoms with Crippen LogP contribution in [-0.4, -0.2) is 20.6 Å². The number of rotatable bonds is 4. The first-order valence-electron chi connectivity index (χ1n) is 6.39. The molecule has 0 aliphatic rings. The van der Waals surface area contributed by atoms with Gasteiger partial charge in [-0.2, -0.15) is 5.21 Å². The maximum atomic E-state index is 4.00. The van der Waals surface area contributed by atoms with Crippen LogP contribution in [0.1, 0.15) is 22.7 Å². The number of H-pyrrole nitrogens is 1. The summed E-state index contributed by atoms with van der Waals surface area (Å²) in [5.41, 5.74) is 1.99. The number of aromatic nitrogens is 4. The lowest BCUT2D eigenvalue weighted by Gasteiger charge is -2.14. The maximum absolute atomic E-state index is 4.00. The Morgan fingerprint density at radius 2 is 2.15 bits per heavy atom. The van der Waals surface area contributed by atoms with Gasteiger partial charge in [0, 0.05) is 21.0 Å². The lowest BCUT2D eigenvalue weighted by molar-refractivity contribution is 0.881. The Balaban J connectivity index is 1.79. The van der Waals surface area contributed by atoms with Crippen LogP contribution in [0.4, 0.5) is 5.69 Å². The van der Waals surface area contributed by atoms with Gasteiger partial charge in [0.2, 0.25) is 5.82 Å². The van der Waals surface area contributed by atoms with Gasteiger partial charge in [-0.1, -0.05) is 12.1 Å². The Kier molecular flexibility index (Phi) is 3.47. The van der Waals surface area contributed by atoms with Gasteiger partial charge in [-0.25, -0.2) is 0 Å². The number of anilines is 1. The number of hydrogen-bond acceptors (Lipinski definition) is 5. The lowest BCUT2D eigenvalue weighted by Crippen LogP contribution is -2.04. The van der Waals surface area contributed by atoms with Crippen LogP contribution in [0.3, 0.4) is 0 Å². The van der Waals surface area contributed by atoms with E-state index < -0.39 is 0 Å². The van der Waals surface area contributed by atoms with Gasteiger partial charge in [0.15, 0.2) is 0 Å². The van der Waals surface area contributed by atoms with Gasteiger partial charge in [-0.3, -0.25) is 0 Å². The van der Waals surface area contributed by atoms with Crippen molar-refractivity contribution >= 4 is 17.0 Å². The molecule has 2 aromatic heterocycles. The highest BCUT2D eigenvalue weighted by atomic mass is 32.1. The third kappa shape index (κ3) is 2.70. The summed E-state index contributed by atoms with van der Waals surface area (Å²) in [7, 11) is 0. The zero-order valence-electron chi connectivity index (χ0n) is 11.3. The Hall–Kier alpha value is -2.21. The SMILES string of the molecule is Cc1ccc(C(C)Nc2cccc(-c3nn[nH]n3)c2)s1.